The fraction of sp³-hybridized carbons (Fsp3) is 0.897. The van der Waals surface area contributed by atoms with Crippen molar-refractivity contribution in [2.24, 2.45) is 51.8 Å². The van der Waals surface area contributed by atoms with Crippen LogP contribution in [0.5, 0.6) is 0 Å². The first-order chi connectivity index (χ1) is 20.6. The van der Waals surface area contributed by atoms with E-state index >= 15 is 0 Å². The van der Waals surface area contributed by atoms with Gasteiger partial charge in [-0.15, -0.1) is 0 Å². The second-order valence-corrected chi connectivity index (χ2v) is 18.8. The van der Waals surface area contributed by atoms with Crippen LogP contribution < -0.4 is 5.32 Å². The van der Waals surface area contributed by atoms with Crippen LogP contribution in [0, 0.1) is 51.8 Å². The van der Waals surface area contributed by atoms with E-state index in [4.69, 9.17) is 0 Å². The van der Waals surface area contributed by atoms with E-state index in [2.05, 4.69) is 68.7 Å². The Hall–Kier alpha value is -0.320. The van der Waals surface area contributed by atoms with Crippen LogP contribution in [0.3, 0.4) is 0 Å². The molecule has 5 fully saturated rings. The van der Waals surface area contributed by atoms with Gasteiger partial charge in [0.25, 0.3) is 0 Å². The molecule has 0 aromatic rings. The Morgan fingerprint density at radius 3 is 2.56 bits per heavy atom. The molecule has 4 heteroatoms. The van der Waals surface area contributed by atoms with Crippen molar-refractivity contribution in [1.82, 2.24) is 10.2 Å². The number of nitrogens with one attached hydrogen (secondary N) is 1. The van der Waals surface area contributed by atoms with Crippen LogP contribution in [0.2, 0.25) is 0 Å². The first kappa shape index (κ1) is 31.3. The topological polar surface area (TPSA) is 15.3 Å². The molecule has 0 radical (unpaired) electrons. The summed E-state index contributed by atoms with van der Waals surface area (Å²) in [5.41, 5.74) is 4.78. The largest absolute Gasteiger partial charge is 0.310 e. The van der Waals surface area contributed by atoms with Gasteiger partial charge in [0.15, 0.2) is 0 Å². The average molecular weight is 611 g/mol. The third kappa shape index (κ3) is 5.08. The van der Waals surface area contributed by atoms with Gasteiger partial charge in [-0.25, -0.2) is 0 Å². The smallest absolute Gasteiger partial charge is 0.0925 e. The van der Waals surface area contributed by atoms with Crippen molar-refractivity contribution < 1.29 is 4.39 Å². The molecular formula is C39H63FN2S. The number of nitrogens with zero attached hydrogens (tertiary/aromatic N) is 1. The highest BCUT2D eigenvalue weighted by atomic mass is 32.2. The zero-order valence-electron chi connectivity index (χ0n) is 28.4. The highest BCUT2D eigenvalue weighted by molar-refractivity contribution is 7.99. The van der Waals surface area contributed by atoms with E-state index in [1.54, 1.807) is 11.1 Å². The highest BCUT2D eigenvalue weighted by Gasteiger charge is 2.65. The van der Waals surface area contributed by atoms with Gasteiger partial charge in [0.2, 0.25) is 0 Å². The Morgan fingerprint density at radius 2 is 1.79 bits per heavy atom. The van der Waals surface area contributed by atoms with E-state index < -0.39 is 0 Å². The maximum Gasteiger partial charge on any atom is 0.0925 e. The van der Waals surface area contributed by atoms with Gasteiger partial charge in [-0.2, -0.15) is 11.8 Å². The van der Waals surface area contributed by atoms with Crippen LogP contribution in [-0.2, 0) is 0 Å². The van der Waals surface area contributed by atoms with Crippen LogP contribution >= 0.6 is 11.8 Å². The Labute approximate surface area is 268 Å². The molecule has 0 aromatic carbocycles. The van der Waals surface area contributed by atoms with Crippen molar-refractivity contribution in [3.05, 3.63) is 23.3 Å². The van der Waals surface area contributed by atoms with Gasteiger partial charge in [-0.1, -0.05) is 46.3 Å². The van der Waals surface area contributed by atoms with E-state index in [1.165, 1.54) is 95.3 Å². The van der Waals surface area contributed by atoms with Gasteiger partial charge >= 0.3 is 0 Å². The molecule has 0 aromatic heterocycles. The van der Waals surface area contributed by atoms with E-state index in [9.17, 15) is 4.39 Å². The predicted molar refractivity (Wildman–Crippen MR) is 182 cm³/mol. The van der Waals surface area contributed by atoms with Crippen LogP contribution in [-0.4, -0.2) is 54.3 Å². The second-order valence-electron chi connectivity index (χ2n) is 17.7. The molecule has 0 bridgehead atoms. The van der Waals surface area contributed by atoms with Gasteiger partial charge in [0, 0.05) is 42.7 Å². The summed E-state index contributed by atoms with van der Waals surface area (Å²) in [6, 6.07) is 0.740. The zero-order chi connectivity index (χ0) is 30.0. The summed E-state index contributed by atoms with van der Waals surface area (Å²) in [4.78, 5) is 2.75. The van der Waals surface area contributed by atoms with Crippen molar-refractivity contribution in [2.75, 3.05) is 37.8 Å². The Bertz CT molecular complexity index is 1100. The average Bonchev–Trinajstić information content (AvgIpc) is 3.42. The minimum atomic E-state index is -0.148. The lowest BCUT2D eigenvalue weighted by molar-refractivity contribution is -0.175. The quantitative estimate of drug-likeness (QED) is 0.322. The van der Waals surface area contributed by atoms with Crippen molar-refractivity contribution >= 4 is 11.8 Å². The van der Waals surface area contributed by atoms with Crippen molar-refractivity contribution in [3.8, 4) is 0 Å². The lowest BCUT2D eigenvalue weighted by Gasteiger charge is -2.68. The summed E-state index contributed by atoms with van der Waals surface area (Å²) >= 11 is 2.14. The molecule has 1 saturated heterocycles. The highest BCUT2D eigenvalue weighted by Crippen LogP contribution is 2.72. The van der Waals surface area contributed by atoms with Crippen LogP contribution in [0.15, 0.2) is 23.3 Å². The molecule has 2 nitrogen and oxygen atoms in total. The Kier molecular flexibility index (Phi) is 8.54. The summed E-state index contributed by atoms with van der Waals surface area (Å²) in [7, 11) is 0. The Balaban J connectivity index is 1.08. The van der Waals surface area contributed by atoms with Crippen molar-refractivity contribution in [2.45, 2.75) is 130 Å². The molecule has 0 amide bonds. The summed E-state index contributed by atoms with van der Waals surface area (Å²) in [6.07, 6.45) is 22.5. The van der Waals surface area contributed by atoms with E-state index in [0.717, 1.165) is 54.9 Å². The molecule has 1 heterocycles. The molecule has 10 unspecified atom stereocenters. The number of hydrogen-bond acceptors (Lipinski definition) is 3. The number of thioether (sulfide) groups is 1. The summed E-state index contributed by atoms with van der Waals surface area (Å²) in [6.45, 7) is 16.7. The van der Waals surface area contributed by atoms with Gasteiger partial charge in [0.05, 0.1) is 6.67 Å². The zero-order valence-corrected chi connectivity index (χ0v) is 29.2. The van der Waals surface area contributed by atoms with E-state index in [1.807, 2.05) is 0 Å². The van der Waals surface area contributed by atoms with E-state index in [0.29, 0.717) is 16.4 Å². The fourth-order valence-electron chi connectivity index (χ4n) is 13.5. The molecule has 0 spiro atoms. The lowest BCUT2D eigenvalue weighted by Crippen LogP contribution is -2.64. The first-order valence-corrected chi connectivity index (χ1v) is 19.8. The number of alkyl halides is 1. The molecule has 242 valence electrons. The molecule has 6 aliphatic carbocycles. The molecule has 7 rings (SSSR count). The normalized spacial score (nSPS) is 47.9. The number of halogens is 1. The van der Waals surface area contributed by atoms with Crippen LogP contribution in [0.1, 0.15) is 118 Å². The third-order valence-electron chi connectivity index (χ3n) is 15.6. The SMILES string of the molecule is CC1CSCCN1CCNC12CCCC1C1CCC3C(C)(CCC4C(C)(C)C(C5=CCC(CF)CC5)=CCC43C)C1CC2. The molecule has 1 aliphatic heterocycles. The number of allylic oxidation sites excluding steroid dienone is 4. The minimum absolute atomic E-state index is 0.148. The first-order valence-electron chi connectivity index (χ1n) is 18.7. The van der Waals surface area contributed by atoms with E-state index in [-0.39, 0.29) is 18.0 Å². The standard InChI is InChI=1S/C39H63FN2S/c1-27-26-43-24-23-42(27)22-21-41-39-17-6-7-33(39)30-12-13-35-37(4,32(30)15-20-39)19-16-34-36(2,3)31(14-18-38(34,35)5)29-10-8-28(25-40)9-11-29/h10,14,27-28,30,32-35,41H,6-9,11-13,15-26H2,1-5H3. The molecule has 7 aliphatic rings. The van der Waals surface area contributed by atoms with Crippen LogP contribution in [0.25, 0.3) is 0 Å². The number of hydrogen-bond donors (Lipinski definition) is 1. The number of fused-ring (bicyclic) bond motifs is 7. The fourth-order valence-corrected chi connectivity index (χ4v) is 14.6. The summed E-state index contributed by atoms with van der Waals surface area (Å²) in [5, 5.41) is 4.31. The maximum absolute atomic E-state index is 13.4. The summed E-state index contributed by atoms with van der Waals surface area (Å²) in [5.74, 6) is 7.27. The second kappa shape index (κ2) is 11.7. The third-order valence-corrected chi connectivity index (χ3v) is 16.7. The molecule has 10 atom stereocenters. The molecular weight excluding hydrogens is 548 g/mol. The monoisotopic (exact) mass is 610 g/mol. The lowest BCUT2D eigenvalue weighted by atomic mass is 9.37. The molecule has 4 saturated carbocycles. The molecule has 43 heavy (non-hydrogen) atoms. The van der Waals surface area contributed by atoms with Gasteiger partial charge in [-0.3, -0.25) is 9.29 Å². The summed E-state index contributed by atoms with van der Waals surface area (Å²) < 4.78 is 13.4. The van der Waals surface area contributed by atoms with Crippen molar-refractivity contribution in [3.63, 3.8) is 0 Å². The maximum atomic E-state index is 13.4. The van der Waals surface area contributed by atoms with Crippen molar-refractivity contribution in [1.29, 1.82) is 0 Å². The van der Waals surface area contributed by atoms with Gasteiger partial charge < -0.3 is 5.32 Å². The van der Waals surface area contributed by atoms with Crippen LogP contribution in [0.4, 0.5) is 4.39 Å². The minimum Gasteiger partial charge on any atom is -0.310 e. The predicted octanol–water partition coefficient (Wildman–Crippen LogP) is 9.46. The number of rotatable bonds is 6. The Morgan fingerprint density at radius 1 is 0.930 bits per heavy atom. The van der Waals surface area contributed by atoms with Gasteiger partial charge in [0.1, 0.15) is 0 Å². The molecule has 1 N–H and O–H groups in total. The van der Waals surface area contributed by atoms with Gasteiger partial charge in [-0.05, 0) is 147 Å².